The molecule has 2 aliphatic carbocycles. The second-order valence-electron chi connectivity index (χ2n) is 5.91. The van der Waals surface area contributed by atoms with Gasteiger partial charge >= 0.3 is 0 Å². The Balaban J connectivity index is 2.03. The van der Waals surface area contributed by atoms with Crippen LogP contribution < -0.4 is 5.32 Å². The highest BCUT2D eigenvalue weighted by molar-refractivity contribution is 5.02. The highest BCUT2D eigenvalue weighted by Gasteiger charge is 2.47. The molecule has 100 valence electrons. The third kappa shape index (κ3) is 2.85. The molecule has 2 saturated carbocycles. The summed E-state index contributed by atoms with van der Waals surface area (Å²) < 4.78 is 5.92. The zero-order valence-corrected chi connectivity index (χ0v) is 11.6. The van der Waals surface area contributed by atoms with Gasteiger partial charge < -0.3 is 10.1 Å². The summed E-state index contributed by atoms with van der Waals surface area (Å²) in [5.41, 5.74) is 0.172. The van der Waals surface area contributed by atoms with E-state index in [1.54, 1.807) is 0 Å². The molecule has 2 nitrogen and oxygen atoms in total. The number of methoxy groups -OCH3 is 1. The molecule has 0 aromatic rings. The van der Waals surface area contributed by atoms with E-state index in [0.29, 0.717) is 6.04 Å². The van der Waals surface area contributed by atoms with Crippen LogP contribution in [0.1, 0.15) is 64.7 Å². The maximum absolute atomic E-state index is 5.92. The molecule has 0 heterocycles. The molecule has 2 aliphatic rings. The van der Waals surface area contributed by atoms with Crippen molar-refractivity contribution in [3.63, 3.8) is 0 Å². The van der Waals surface area contributed by atoms with E-state index in [0.717, 1.165) is 12.5 Å². The third-order valence-electron chi connectivity index (χ3n) is 4.97. The number of nitrogens with one attached hydrogen (secondary N) is 1. The predicted octanol–water partition coefficient (Wildman–Crippen LogP) is 3.50. The van der Waals surface area contributed by atoms with Gasteiger partial charge in [-0.25, -0.2) is 0 Å². The average molecular weight is 239 g/mol. The van der Waals surface area contributed by atoms with Gasteiger partial charge in [-0.2, -0.15) is 0 Å². The fourth-order valence-electron chi connectivity index (χ4n) is 3.81. The summed E-state index contributed by atoms with van der Waals surface area (Å²) in [6.45, 7) is 3.30. The lowest BCUT2D eigenvalue weighted by molar-refractivity contribution is -0.112. The molecule has 1 unspecified atom stereocenters. The van der Waals surface area contributed by atoms with Gasteiger partial charge in [0.25, 0.3) is 0 Å². The van der Waals surface area contributed by atoms with Crippen LogP contribution in [-0.4, -0.2) is 25.3 Å². The predicted molar refractivity (Wildman–Crippen MR) is 72.2 cm³/mol. The first kappa shape index (κ1) is 13.4. The largest absolute Gasteiger partial charge is 0.377 e. The molecule has 0 aliphatic heterocycles. The van der Waals surface area contributed by atoms with Gasteiger partial charge in [0.1, 0.15) is 0 Å². The summed E-state index contributed by atoms with van der Waals surface area (Å²) in [6.07, 6.45) is 12.4. The standard InChI is InChI=1S/C15H29NO/c1-3-16-14(15(17-2)11-8-12-15)13-9-6-4-5-7-10-13/h13-14,16H,3-12H2,1-2H3. The van der Waals surface area contributed by atoms with E-state index < -0.39 is 0 Å². The smallest absolute Gasteiger partial charge is 0.0833 e. The first-order valence-electron chi connectivity index (χ1n) is 7.61. The van der Waals surface area contributed by atoms with Gasteiger partial charge in [0.2, 0.25) is 0 Å². The number of ether oxygens (including phenoxy) is 1. The molecule has 0 bridgehead atoms. The Morgan fingerprint density at radius 2 is 1.76 bits per heavy atom. The summed E-state index contributed by atoms with van der Waals surface area (Å²) in [5.74, 6) is 0.845. The Morgan fingerprint density at radius 1 is 1.12 bits per heavy atom. The van der Waals surface area contributed by atoms with E-state index in [4.69, 9.17) is 4.74 Å². The molecule has 1 N–H and O–H groups in total. The zero-order chi connectivity index (χ0) is 12.1. The van der Waals surface area contributed by atoms with Crippen LogP contribution in [0, 0.1) is 5.92 Å². The van der Waals surface area contributed by atoms with Crippen LogP contribution in [0.4, 0.5) is 0 Å². The number of hydrogen-bond acceptors (Lipinski definition) is 2. The van der Waals surface area contributed by atoms with E-state index >= 15 is 0 Å². The molecular weight excluding hydrogens is 210 g/mol. The van der Waals surface area contributed by atoms with Gasteiger partial charge in [0.05, 0.1) is 5.60 Å². The minimum atomic E-state index is 0.172. The normalized spacial score (nSPS) is 27.2. The molecular formula is C15H29NO. The first-order valence-corrected chi connectivity index (χ1v) is 7.61. The van der Waals surface area contributed by atoms with Crippen LogP contribution >= 0.6 is 0 Å². The van der Waals surface area contributed by atoms with Crippen molar-refractivity contribution in [1.82, 2.24) is 5.32 Å². The second kappa shape index (κ2) is 6.19. The lowest BCUT2D eigenvalue weighted by Gasteiger charge is -2.49. The van der Waals surface area contributed by atoms with Gasteiger partial charge in [0, 0.05) is 13.2 Å². The van der Waals surface area contributed by atoms with Gasteiger partial charge in [0.15, 0.2) is 0 Å². The Kier molecular flexibility index (Phi) is 4.87. The lowest BCUT2D eigenvalue weighted by Crippen LogP contribution is -2.59. The minimum Gasteiger partial charge on any atom is -0.377 e. The summed E-state index contributed by atoms with van der Waals surface area (Å²) in [4.78, 5) is 0. The van der Waals surface area contributed by atoms with Crippen molar-refractivity contribution in [2.45, 2.75) is 76.4 Å². The van der Waals surface area contributed by atoms with Crippen molar-refractivity contribution in [2.24, 2.45) is 5.92 Å². The third-order valence-corrected chi connectivity index (χ3v) is 4.97. The molecule has 0 aromatic heterocycles. The van der Waals surface area contributed by atoms with Crippen molar-refractivity contribution in [1.29, 1.82) is 0 Å². The molecule has 17 heavy (non-hydrogen) atoms. The Morgan fingerprint density at radius 3 is 2.18 bits per heavy atom. The van der Waals surface area contributed by atoms with Crippen LogP contribution in [0.2, 0.25) is 0 Å². The van der Waals surface area contributed by atoms with Gasteiger partial charge in [-0.05, 0) is 44.6 Å². The van der Waals surface area contributed by atoms with E-state index in [1.807, 2.05) is 7.11 Å². The van der Waals surface area contributed by atoms with Crippen molar-refractivity contribution in [2.75, 3.05) is 13.7 Å². The van der Waals surface area contributed by atoms with Crippen LogP contribution in [0.3, 0.4) is 0 Å². The molecule has 0 spiro atoms. The molecule has 0 saturated heterocycles. The topological polar surface area (TPSA) is 21.3 Å². The van der Waals surface area contributed by atoms with Crippen LogP contribution in [0.5, 0.6) is 0 Å². The highest BCUT2D eigenvalue weighted by atomic mass is 16.5. The van der Waals surface area contributed by atoms with Crippen LogP contribution in [0.15, 0.2) is 0 Å². The molecule has 2 heteroatoms. The van der Waals surface area contributed by atoms with Crippen molar-refractivity contribution in [3.05, 3.63) is 0 Å². The Labute approximate surface area is 107 Å². The average Bonchev–Trinajstić information content (AvgIpc) is 2.55. The summed E-state index contributed by atoms with van der Waals surface area (Å²) in [5, 5.41) is 3.75. The summed E-state index contributed by atoms with van der Waals surface area (Å²) in [6, 6.07) is 0.601. The molecule has 2 rings (SSSR count). The monoisotopic (exact) mass is 239 g/mol. The van der Waals surface area contributed by atoms with Crippen molar-refractivity contribution in [3.8, 4) is 0 Å². The van der Waals surface area contributed by atoms with Crippen molar-refractivity contribution >= 4 is 0 Å². The van der Waals surface area contributed by atoms with E-state index in [9.17, 15) is 0 Å². The summed E-state index contributed by atoms with van der Waals surface area (Å²) in [7, 11) is 1.92. The fraction of sp³-hybridized carbons (Fsp3) is 1.00. The minimum absolute atomic E-state index is 0.172. The van der Waals surface area contributed by atoms with Gasteiger partial charge in [-0.15, -0.1) is 0 Å². The van der Waals surface area contributed by atoms with Crippen molar-refractivity contribution < 1.29 is 4.74 Å². The quantitative estimate of drug-likeness (QED) is 0.741. The lowest BCUT2D eigenvalue weighted by atomic mass is 9.68. The maximum atomic E-state index is 5.92. The van der Waals surface area contributed by atoms with E-state index in [2.05, 4.69) is 12.2 Å². The second-order valence-corrected chi connectivity index (χ2v) is 5.91. The first-order chi connectivity index (χ1) is 8.32. The summed E-state index contributed by atoms with van der Waals surface area (Å²) >= 11 is 0. The zero-order valence-electron chi connectivity index (χ0n) is 11.6. The molecule has 0 aromatic carbocycles. The maximum Gasteiger partial charge on any atom is 0.0833 e. The molecule has 1 atom stereocenters. The van der Waals surface area contributed by atoms with E-state index in [-0.39, 0.29) is 5.60 Å². The van der Waals surface area contributed by atoms with E-state index in [1.165, 1.54) is 57.8 Å². The van der Waals surface area contributed by atoms with Gasteiger partial charge in [-0.1, -0.05) is 32.6 Å². The van der Waals surface area contributed by atoms with Crippen LogP contribution in [-0.2, 0) is 4.74 Å². The fourth-order valence-corrected chi connectivity index (χ4v) is 3.81. The van der Waals surface area contributed by atoms with Gasteiger partial charge in [-0.3, -0.25) is 0 Å². The van der Waals surface area contributed by atoms with Crippen LogP contribution in [0.25, 0.3) is 0 Å². The number of rotatable bonds is 5. The number of likely N-dealkylation sites (N-methyl/N-ethyl adjacent to an activating group) is 1. The molecule has 0 amide bonds. The SMILES string of the molecule is CCNC(C1CCCCCC1)C1(OC)CCC1. The Bertz CT molecular complexity index is 211. The highest BCUT2D eigenvalue weighted by Crippen LogP contribution is 2.43. The Hall–Kier alpha value is -0.0800. The number of hydrogen-bond donors (Lipinski definition) is 1. The molecule has 2 fully saturated rings. The molecule has 0 radical (unpaired) electrons.